The smallest absolute Gasteiger partial charge is 0.274 e. The van der Waals surface area contributed by atoms with Crippen LogP contribution >= 0.6 is 11.6 Å². The maximum Gasteiger partial charge on any atom is 0.274 e. The summed E-state index contributed by atoms with van der Waals surface area (Å²) in [6.45, 7) is 5.74. The highest BCUT2D eigenvalue weighted by Crippen LogP contribution is 2.27. The van der Waals surface area contributed by atoms with Crippen LogP contribution in [0.2, 0.25) is 5.02 Å². The summed E-state index contributed by atoms with van der Waals surface area (Å²) >= 11 is 6.26. The number of amides is 1. The maximum absolute atomic E-state index is 12.5. The zero-order valence-electron chi connectivity index (χ0n) is 15.2. The van der Waals surface area contributed by atoms with Crippen LogP contribution in [0.5, 0.6) is 0 Å². The van der Waals surface area contributed by atoms with Gasteiger partial charge in [-0.1, -0.05) is 17.7 Å². The van der Waals surface area contributed by atoms with E-state index in [1.165, 1.54) is 0 Å². The van der Waals surface area contributed by atoms with Crippen LogP contribution in [-0.4, -0.2) is 43.0 Å². The summed E-state index contributed by atoms with van der Waals surface area (Å²) in [5, 5.41) is 6.71. The van der Waals surface area contributed by atoms with Gasteiger partial charge in [0.1, 0.15) is 5.69 Å². The van der Waals surface area contributed by atoms with E-state index in [4.69, 9.17) is 11.6 Å². The molecule has 0 saturated heterocycles. The summed E-state index contributed by atoms with van der Waals surface area (Å²) in [6.07, 6.45) is 2.65. The van der Waals surface area contributed by atoms with E-state index in [1.807, 2.05) is 46.1 Å². The molecule has 1 aromatic carbocycles. The Kier molecular flexibility index (Phi) is 6.79. The number of pyridine rings is 1. The molecule has 1 amide bonds. The van der Waals surface area contributed by atoms with Crippen molar-refractivity contribution in [3.63, 3.8) is 0 Å². The lowest BCUT2D eigenvalue weighted by Gasteiger charge is -2.13. The number of halogens is 1. The molecule has 0 aliphatic carbocycles. The van der Waals surface area contributed by atoms with Crippen molar-refractivity contribution < 1.29 is 4.79 Å². The Bertz CT molecular complexity index is 723. The standard InChI is InChI=1S/C19H25ClN4O/c1-13-10-14(2)18(16(20)11-13)23-19(25)17-12-15(6-8-22-17)21-7-5-9-24(3)4/h6,8,10-12H,5,7,9H2,1-4H3,(H,21,22)(H,23,25). The van der Waals surface area contributed by atoms with Crippen LogP contribution in [0.3, 0.4) is 0 Å². The summed E-state index contributed by atoms with van der Waals surface area (Å²) < 4.78 is 0. The minimum Gasteiger partial charge on any atom is -0.385 e. The summed E-state index contributed by atoms with van der Waals surface area (Å²) in [5.41, 5.74) is 3.85. The zero-order valence-corrected chi connectivity index (χ0v) is 15.9. The van der Waals surface area contributed by atoms with Gasteiger partial charge in [-0.3, -0.25) is 9.78 Å². The molecule has 0 bridgehead atoms. The summed E-state index contributed by atoms with van der Waals surface area (Å²) in [6, 6.07) is 7.43. The van der Waals surface area contributed by atoms with E-state index >= 15 is 0 Å². The first-order valence-corrected chi connectivity index (χ1v) is 8.67. The molecule has 2 rings (SSSR count). The highest BCUT2D eigenvalue weighted by atomic mass is 35.5. The van der Waals surface area contributed by atoms with E-state index in [0.29, 0.717) is 16.4 Å². The van der Waals surface area contributed by atoms with Crippen LogP contribution in [0, 0.1) is 13.8 Å². The van der Waals surface area contributed by atoms with Gasteiger partial charge in [0, 0.05) is 18.4 Å². The lowest BCUT2D eigenvalue weighted by atomic mass is 10.1. The predicted octanol–water partition coefficient (Wildman–Crippen LogP) is 3.97. The molecule has 1 heterocycles. The number of aromatic nitrogens is 1. The van der Waals surface area contributed by atoms with Crippen LogP contribution in [0.25, 0.3) is 0 Å². The van der Waals surface area contributed by atoms with Gasteiger partial charge in [0.2, 0.25) is 0 Å². The Morgan fingerprint density at radius 2 is 2.00 bits per heavy atom. The Morgan fingerprint density at radius 1 is 1.24 bits per heavy atom. The van der Waals surface area contributed by atoms with Crippen molar-refractivity contribution in [1.82, 2.24) is 9.88 Å². The second-order valence-corrected chi connectivity index (χ2v) is 6.81. The normalized spacial score (nSPS) is 10.8. The van der Waals surface area contributed by atoms with Gasteiger partial charge in [0.05, 0.1) is 10.7 Å². The molecule has 0 unspecified atom stereocenters. The number of nitrogens with zero attached hydrogens (tertiary/aromatic N) is 2. The van der Waals surface area contributed by atoms with Crippen LogP contribution < -0.4 is 10.6 Å². The molecule has 0 aliphatic rings. The molecule has 0 atom stereocenters. The highest BCUT2D eigenvalue weighted by Gasteiger charge is 2.13. The number of hydrogen-bond donors (Lipinski definition) is 2. The molecule has 0 fully saturated rings. The van der Waals surface area contributed by atoms with E-state index < -0.39 is 0 Å². The molecule has 2 aromatic rings. The number of aryl methyl sites for hydroxylation is 2. The first-order valence-electron chi connectivity index (χ1n) is 8.29. The van der Waals surface area contributed by atoms with Crippen LogP contribution in [0.4, 0.5) is 11.4 Å². The quantitative estimate of drug-likeness (QED) is 0.733. The van der Waals surface area contributed by atoms with Crippen molar-refractivity contribution in [3.8, 4) is 0 Å². The second-order valence-electron chi connectivity index (χ2n) is 6.41. The van der Waals surface area contributed by atoms with Gasteiger partial charge in [-0.15, -0.1) is 0 Å². The minimum atomic E-state index is -0.272. The van der Waals surface area contributed by atoms with E-state index in [-0.39, 0.29) is 5.91 Å². The number of carbonyl (C=O) groups is 1. The first kappa shape index (κ1) is 19.2. The molecule has 1 aromatic heterocycles. The molecule has 0 radical (unpaired) electrons. The van der Waals surface area contributed by atoms with Gasteiger partial charge >= 0.3 is 0 Å². The van der Waals surface area contributed by atoms with Gasteiger partial charge in [-0.2, -0.15) is 0 Å². The first-order chi connectivity index (χ1) is 11.9. The van der Waals surface area contributed by atoms with Crippen LogP contribution in [0.1, 0.15) is 28.0 Å². The van der Waals surface area contributed by atoms with Crippen molar-refractivity contribution in [2.24, 2.45) is 0 Å². The highest BCUT2D eigenvalue weighted by molar-refractivity contribution is 6.34. The number of benzene rings is 1. The third kappa shape index (κ3) is 5.73. The molecule has 25 heavy (non-hydrogen) atoms. The van der Waals surface area contributed by atoms with Crippen molar-refractivity contribution in [2.75, 3.05) is 37.8 Å². The lowest BCUT2D eigenvalue weighted by Crippen LogP contribution is -2.17. The Morgan fingerprint density at radius 3 is 2.68 bits per heavy atom. The molecule has 2 N–H and O–H groups in total. The Labute approximate surface area is 154 Å². The number of carbonyl (C=O) groups excluding carboxylic acids is 1. The molecule has 134 valence electrons. The number of hydrogen-bond acceptors (Lipinski definition) is 4. The van der Waals surface area contributed by atoms with E-state index in [1.54, 1.807) is 12.3 Å². The number of nitrogens with one attached hydrogen (secondary N) is 2. The average molecular weight is 361 g/mol. The van der Waals surface area contributed by atoms with Crippen LogP contribution in [0.15, 0.2) is 30.5 Å². The van der Waals surface area contributed by atoms with Gasteiger partial charge < -0.3 is 15.5 Å². The summed E-state index contributed by atoms with van der Waals surface area (Å²) in [4.78, 5) is 18.8. The number of anilines is 2. The second kappa shape index (κ2) is 8.83. The van der Waals surface area contributed by atoms with Crippen molar-refractivity contribution in [1.29, 1.82) is 0 Å². The third-order valence-electron chi connectivity index (χ3n) is 3.77. The molecule has 5 nitrogen and oxygen atoms in total. The fourth-order valence-electron chi connectivity index (χ4n) is 2.54. The van der Waals surface area contributed by atoms with Gasteiger partial charge in [-0.05, 0) is 70.2 Å². The molecule has 0 saturated carbocycles. The molecule has 6 heteroatoms. The fraction of sp³-hybridized carbons (Fsp3) is 0.368. The van der Waals surface area contributed by atoms with Crippen molar-refractivity contribution in [3.05, 3.63) is 52.3 Å². The fourth-order valence-corrected chi connectivity index (χ4v) is 2.91. The molecular formula is C19H25ClN4O. The van der Waals surface area contributed by atoms with E-state index in [2.05, 4.69) is 20.5 Å². The van der Waals surface area contributed by atoms with Crippen molar-refractivity contribution >= 4 is 28.9 Å². The predicted molar refractivity (Wildman–Crippen MR) is 105 cm³/mol. The van der Waals surface area contributed by atoms with Crippen molar-refractivity contribution in [2.45, 2.75) is 20.3 Å². The minimum absolute atomic E-state index is 0.272. The monoisotopic (exact) mass is 360 g/mol. The SMILES string of the molecule is Cc1cc(C)c(NC(=O)c2cc(NCCCN(C)C)ccn2)c(Cl)c1. The third-order valence-corrected chi connectivity index (χ3v) is 4.07. The Hall–Kier alpha value is -2.11. The van der Waals surface area contributed by atoms with Gasteiger partial charge in [0.15, 0.2) is 0 Å². The molecule has 0 aliphatic heterocycles. The zero-order chi connectivity index (χ0) is 18.4. The largest absolute Gasteiger partial charge is 0.385 e. The Balaban J connectivity index is 2.04. The summed E-state index contributed by atoms with van der Waals surface area (Å²) in [5.74, 6) is -0.272. The lowest BCUT2D eigenvalue weighted by molar-refractivity contribution is 0.102. The van der Waals surface area contributed by atoms with E-state index in [9.17, 15) is 4.79 Å². The number of rotatable bonds is 7. The molecular weight excluding hydrogens is 336 g/mol. The van der Waals surface area contributed by atoms with Gasteiger partial charge in [-0.25, -0.2) is 0 Å². The van der Waals surface area contributed by atoms with Gasteiger partial charge in [0.25, 0.3) is 5.91 Å². The van der Waals surface area contributed by atoms with E-state index in [0.717, 1.165) is 36.3 Å². The topological polar surface area (TPSA) is 57.3 Å². The molecule has 0 spiro atoms. The van der Waals surface area contributed by atoms with Crippen LogP contribution in [-0.2, 0) is 0 Å². The maximum atomic E-state index is 12.5. The summed E-state index contributed by atoms with van der Waals surface area (Å²) in [7, 11) is 4.10. The average Bonchev–Trinajstić information content (AvgIpc) is 2.55.